The molecule has 0 aliphatic carbocycles. The standard InChI is InChI=1S/C12H18N4O2/c13-11(17)12-14-10-3-1-2-9(16(10)15-12)8-4-6-18-7-5-8/h8-9H,1-7H2,(H2,13,17). The van der Waals surface area contributed by atoms with Gasteiger partial charge in [-0.25, -0.2) is 9.67 Å². The second kappa shape index (κ2) is 4.68. The minimum atomic E-state index is -0.539. The number of fused-ring (bicyclic) bond motifs is 1. The van der Waals surface area contributed by atoms with Crippen LogP contribution in [0.2, 0.25) is 0 Å². The number of rotatable bonds is 2. The van der Waals surface area contributed by atoms with Crippen LogP contribution in [0, 0.1) is 5.92 Å². The summed E-state index contributed by atoms with van der Waals surface area (Å²) in [5.74, 6) is 1.11. The fraction of sp³-hybridized carbons (Fsp3) is 0.750. The Labute approximate surface area is 106 Å². The molecule has 0 aromatic carbocycles. The van der Waals surface area contributed by atoms with Gasteiger partial charge in [0.05, 0.1) is 6.04 Å². The van der Waals surface area contributed by atoms with Crippen LogP contribution >= 0.6 is 0 Å². The van der Waals surface area contributed by atoms with Crippen LogP contribution < -0.4 is 5.73 Å². The first-order valence-corrected chi connectivity index (χ1v) is 6.58. The van der Waals surface area contributed by atoms with Crippen molar-refractivity contribution >= 4 is 5.91 Å². The number of nitrogens with zero attached hydrogens (tertiary/aromatic N) is 3. The molecule has 6 nitrogen and oxygen atoms in total. The Hall–Kier alpha value is -1.43. The highest BCUT2D eigenvalue weighted by Crippen LogP contribution is 2.34. The number of hydrogen-bond acceptors (Lipinski definition) is 4. The first-order chi connectivity index (χ1) is 8.75. The quantitative estimate of drug-likeness (QED) is 0.836. The normalized spacial score (nSPS) is 24.8. The Kier molecular flexibility index (Phi) is 3.03. The van der Waals surface area contributed by atoms with E-state index in [1.54, 1.807) is 0 Å². The zero-order chi connectivity index (χ0) is 12.5. The average molecular weight is 250 g/mol. The summed E-state index contributed by atoms with van der Waals surface area (Å²) in [7, 11) is 0. The molecule has 3 rings (SSSR count). The summed E-state index contributed by atoms with van der Waals surface area (Å²) in [5, 5.41) is 4.30. The predicted molar refractivity (Wildman–Crippen MR) is 64.1 cm³/mol. The molecule has 1 fully saturated rings. The molecule has 1 aromatic heterocycles. The van der Waals surface area contributed by atoms with Crippen molar-refractivity contribution in [2.75, 3.05) is 13.2 Å². The number of nitrogens with two attached hydrogens (primary N) is 1. The van der Waals surface area contributed by atoms with E-state index in [1.807, 2.05) is 4.68 Å². The van der Waals surface area contributed by atoms with Gasteiger partial charge in [-0.05, 0) is 31.6 Å². The second-order valence-corrected chi connectivity index (χ2v) is 5.07. The molecule has 0 saturated carbocycles. The summed E-state index contributed by atoms with van der Waals surface area (Å²) >= 11 is 0. The first kappa shape index (κ1) is 11.6. The zero-order valence-electron chi connectivity index (χ0n) is 10.3. The molecule has 0 radical (unpaired) electrons. The largest absolute Gasteiger partial charge is 0.381 e. The van der Waals surface area contributed by atoms with Crippen LogP contribution in [0.5, 0.6) is 0 Å². The van der Waals surface area contributed by atoms with Crippen molar-refractivity contribution in [2.24, 2.45) is 11.7 Å². The summed E-state index contributed by atoms with van der Waals surface area (Å²) in [6, 6.07) is 0.359. The molecule has 1 atom stereocenters. The van der Waals surface area contributed by atoms with Crippen molar-refractivity contribution in [3.63, 3.8) is 0 Å². The van der Waals surface area contributed by atoms with Gasteiger partial charge in [-0.2, -0.15) is 0 Å². The van der Waals surface area contributed by atoms with E-state index in [4.69, 9.17) is 10.5 Å². The zero-order valence-corrected chi connectivity index (χ0v) is 10.3. The minimum Gasteiger partial charge on any atom is -0.381 e. The molecule has 3 heterocycles. The van der Waals surface area contributed by atoms with E-state index in [0.29, 0.717) is 12.0 Å². The van der Waals surface area contributed by atoms with Crippen molar-refractivity contribution in [1.29, 1.82) is 0 Å². The molecule has 1 amide bonds. The SMILES string of the molecule is NC(=O)c1nc2n(n1)C(C1CCOCC1)CCC2. The highest BCUT2D eigenvalue weighted by Gasteiger charge is 2.31. The maximum absolute atomic E-state index is 11.2. The molecule has 0 spiro atoms. The van der Waals surface area contributed by atoms with E-state index in [-0.39, 0.29) is 5.82 Å². The van der Waals surface area contributed by atoms with Crippen LogP contribution in [0.4, 0.5) is 0 Å². The maximum Gasteiger partial charge on any atom is 0.288 e. The molecular weight excluding hydrogens is 232 g/mol. The number of aryl methyl sites for hydroxylation is 1. The number of ether oxygens (including phenoxy) is 1. The van der Waals surface area contributed by atoms with Crippen LogP contribution in [0.15, 0.2) is 0 Å². The number of carbonyl (C=O) groups is 1. The monoisotopic (exact) mass is 250 g/mol. The Morgan fingerprint density at radius 3 is 2.83 bits per heavy atom. The maximum atomic E-state index is 11.2. The van der Waals surface area contributed by atoms with Crippen molar-refractivity contribution in [1.82, 2.24) is 14.8 Å². The molecule has 2 aliphatic rings. The molecular formula is C12H18N4O2. The Balaban J connectivity index is 1.88. The number of amides is 1. The highest BCUT2D eigenvalue weighted by atomic mass is 16.5. The number of carbonyl (C=O) groups excluding carboxylic acids is 1. The molecule has 98 valence electrons. The van der Waals surface area contributed by atoms with E-state index in [2.05, 4.69) is 10.1 Å². The van der Waals surface area contributed by atoms with Gasteiger partial charge >= 0.3 is 0 Å². The minimum absolute atomic E-state index is 0.156. The third kappa shape index (κ3) is 2.01. The lowest BCUT2D eigenvalue weighted by Crippen LogP contribution is -2.30. The fourth-order valence-corrected chi connectivity index (χ4v) is 3.02. The highest BCUT2D eigenvalue weighted by molar-refractivity contribution is 5.88. The average Bonchev–Trinajstić information content (AvgIpc) is 2.83. The molecule has 1 saturated heterocycles. The third-order valence-electron chi connectivity index (χ3n) is 3.95. The Morgan fingerprint density at radius 2 is 2.11 bits per heavy atom. The number of aromatic nitrogens is 3. The van der Waals surface area contributed by atoms with Crippen LogP contribution in [0.25, 0.3) is 0 Å². The summed E-state index contributed by atoms with van der Waals surface area (Å²) in [4.78, 5) is 15.4. The Morgan fingerprint density at radius 1 is 1.33 bits per heavy atom. The first-order valence-electron chi connectivity index (χ1n) is 6.58. The summed E-state index contributed by atoms with van der Waals surface area (Å²) in [6.45, 7) is 1.65. The topological polar surface area (TPSA) is 83.0 Å². The molecule has 2 N–H and O–H groups in total. The van der Waals surface area contributed by atoms with Crippen molar-refractivity contribution < 1.29 is 9.53 Å². The second-order valence-electron chi connectivity index (χ2n) is 5.07. The lowest BCUT2D eigenvalue weighted by Gasteiger charge is -2.33. The Bertz CT molecular complexity index is 451. The molecule has 0 bridgehead atoms. The van der Waals surface area contributed by atoms with Gasteiger partial charge in [0.1, 0.15) is 5.82 Å². The van der Waals surface area contributed by atoms with Gasteiger partial charge < -0.3 is 10.5 Å². The van der Waals surface area contributed by atoms with Crippen LogP contribution in [-0.2, 0) is 11.2 Å². The molecule has 1 aromatic rings. The van der Waals surface area contributed by atoms with Crippen molar-refractivity contribution in [2.45, 2.75) is 38.1 Å². The lowest BCUT2D eigenvalue weighted by molar-refractivity contribution is 0.0418. The van der Waals surface area contributed by atoms with Gasteiger partial charge in [-0.3, -0.25) is 4.79 Å². The van der Waals surface area contributed by atoms with Gasteiger partial charge in [0.25, 0.3) is 5.91 Å². The third-order valence-corrected chi connectivity index (χ3v) is 3.95. The number of primary amides is 1. The summed E-state index contributed by atoms with van der Waals surface area (Å²) in [6.07, 6.45) is 5.24. The van der Waals surface area contributed by atoms with Crippen LogP contribution in [0.1, 0.15) is 48.2 Å². The number of hydrogen-bond donors (Lipinski definition) is 1. The van der Waals surface area contributed by atoms with Gasteiger partial charge in [0, 0.05) is 19.6 Å². The fourth-order valence-electron chi connectivity index (χ4n) is 3.02. The van der Waals surface area contributed by atoms with E-state index in [9.17, 15) is 4.79 Å². The predicted octanol–water partition coefficient (Wildman–Crippen LogP) is 0.681. The summed E-state index contributed by atoms with van der Waals surface area (Å²) in [5.41, 5.74) is 5.25. The molecule has 1 unspecified atom stereocenters. The lowest BCUT2D eigenvalue weighted by atomic mass is 9.87. The molecule has 6 heteroatoms. The van der Waals surface area contributed by atoms with E-state index in [0.717, 1.165) is 51.1 Å². The van der Waals surface area contributed by atoms with E-state index >= 15 is 0 Å². The van der Waals surface area contributed by atoms with E-state index < -0.39 is 5.91 Å². The van der Waals surface area contributed by atoms with Gasteiger partial charge in [-0.15, -0.1) is 5.10 Å². The van der Waals surface area contributed by atoms with Gasteiger partial charge in [-0.1, -0.05) is 0 Å². The van der Waals surface area contributed by atoms with Gasteiger partial charge in [0.2, 0.25) is 5.82 Å². The van der Waals surface area contributed by atoms with Gasteiger partial charge in [0.15, 0.2) is 0 Å². The summed E-state index contributed by atoms with van der Waals surface area (Å²) < 4.78 is 7.35. The van der Waals surface area contributed by atoms with E-state index in [1.165, 1.54) is 0 Å². The van der Waals surface area contributed by atoms with Crippen LogP contribution in [0.3, 0.4) is 0 Å². The van der Waals surface area contributed by atoms with Crippen LogP contribution in [-0.4, -0.2) is 33.9 Å². The van der Waals surface area contributed by atoms with Crippen molar-refractivity contribution in [3.05, 3.63) is 11.6 Å². The molecule has 18 heavy (non-hydrogen) atoms. The smallest absolute Gasteiger partial charge is 0.288 e. The molecule has 2 aliphatic heterocycles. The van der Waals surface area contributed by atoms with Crippen molar-refractivity contribution in [3.8, 4) is 0 Å².